The van der Waals surface area contributed by atoms with Crippen molar-refractivity contribution in [2.75, 3.05) is 28.8 Å². The fourth-order valence-corrected chi connectivity index (χ4v) is 8.30. The minimum Gasteiger partial charge on any atom is -0.508 e. The van der Waals surface area contributed by atoms with Crippen molar-refractivity contribution in [1.82, 2.24) is 4.72 Å². The number of nitrogens with zero attached hydrogens (tertiary/aromatic N) is 4. The van der Waals surface area contributed by atoms with E-state index in [-0.39, 0.29) is 46.5 Å². The predicted molar refractivity (Wildman–Crippen MR) is 208 cm³/mol. The number of non-ortho nitro benzene ring substituents is 1. The molecule has 3 aromatic carbocycles. The summed E-state index contributed by atoms with van der Waals surface area (Å²) in [6, 6.07) is 16.2. The van der Waals surface area contributed by atoms with Crippen molar-refractivity contribution in [1.29, 1.82) is 0 Å². The van der Waals surface area contributed by atoms with Crippen LogP contribution in [0.1, 0.15) is 70.9 Å². The molecule has 2 aliphatic heterocycles. The fraction of sp³-hybridized carbons (Fsp3) is 0.368. The third-order valence-corrected chi connectivity index (χ3v) is 12.0. The van der Waals surface area contributed by atoms with Crippen molar-refractivity contribution in [2.24, 2.45) is 11.0 Å². The summed E-state index contributed by atoms with van der Waals surface area (Å²) in [7, 11) is -8.05. The van der Waals surface area contributed by atoms with Gasteiger partial charge in [-0.05, 0) is 91.1 Å². The van der Waals surface area contributed by atoms with Crippen LogP contribution < -0.4 is 14.6 Å². The summed E-state index contributed by atoms with van der Waals surface area (Å²) < 4.78 is 61.5. The molecule has 0 fully saturated rings. The average Bonchev–Trinajstić information content (AvgIpc) is 3.55. The monoisotopic (exact) mass is 779 g/mol. The highest BCUT2D eigenvalue weighted by Gasteiger charge is 2.40. The van der Waals surface area contributed by atoms with Gasteiger partial charge in [-0.15, -0.1) is 0 Å². The highest BCUT2D eigenvalue weighted by Crippen LogP contribution is 2.49. The number of carbonyl (C=O) groups excluding carboxylic acids is 1. The maximum absolute atomic E-state index is 14.2. The van der Waals surface area contributed by atoms with Crippen LogP contribution in [-0.2, 0) is 30.4 Å². The average molecular weight is 780 g/mol. The second-order valence-electron chi connectivity index (χ2n) is 13.9. The predicted octanol–water partition coefficient (Wildman–Crippen LogP) is 6.43. The fourth-order valence-electron chi connectivity index (χ4n) is 6.69. The van der Waals surface area contributed by atoms with Gasteiger partial charge in [-0.2, -0.15) is 18.5 Å². The van der Waals surface area contributed by atoms with Crippen molar-refractivity contribution in [3.8, 4) is 5.75 Å². The Kier molecular flexibility index (Phi) is 12.1. The summed E-state index contributed by atoms with van der Waals surface area (Å²) >= 11 is 0. The normalized spacial score (nSPS) is 17.6. The van der Waals surface area contributed by atoms with Crippen molar-refractivity contribution in [3.63, 3.8) is 0 Å². The number of hydrogen-bond acceptors (Lipinski definition) is 10. The molecule has 0 saturated heterocycles. The number of hydrogen-bond donors (Lipinski definition) is 3. The highest BCUT2D eigenvalue weighted by atomic mass is 32.2. The number of phenols is 1. The van der Waals surface area contributed by atoms with Crippen molar-refractivity contribution in [3.05, 3.63) is 111 Å². The number of phenolic OH excluding ortho intramolecular Hbond substituents is 1. The molecule has 2 heterocycles. The quantitative estimate of drug-likeness (QED) is 0.0630. The molecule has 0 aliphatic carbocycles. The van der Waals surface area contributed by atoms with Gasteiger partial charge in [-0.1, -0.05) is 47.0 Å². The van der Waals surface area contributed by atoms with Crippen LogP contribution in [0.4, 0.5) is 17.1 Å². The summed E-state index contributed by atoms with van der Waals surface area (Å²) in [6.07, 6.45) is 7.19. The van der Waals surface area contributed by atoms with Crippen LogP contribution in [0, 0.1) is 16.0 Å². The molecule has 0 saturated carbocycles. The number of nitrogens with one attached hydrogen (secondary N) is 1. The number of unbranched alkanes of at least 4 members (excludes halogenated alkanes) is 1. The van der Waals surface area contributed by atoms with E-state index in [9.17, 15) is 41.4 Å². The first kappa shape index (κ1) is 40.3. The lowest BCUT2D eigenvalue weighted by molar-refractivity contribution is -0.384. The summed E-state index contributed by atoms with van der Waals surface area (Å²) in [4.78, 5) is 26.9. The molecule has 1 unspecified atom stereocenters. The Morgan fingerprint density at radius 2 is 1.67 bits per heavy atom. The lowest BCUT2D eigenvalue weighted by atomic mass is 9.83. The molecule has 3 N–H and O–H groups in total. The SMILES string of the molecule is CCCCC(CC)CNS(=O)(=O)c1ccc(N2N=C(c3ccc([N+](=O)[O-])cc3)/C(=C/C=C3/N(CCCS(=O)(=O)O)c4ccc(O)cc4C3(C)C)C2=O)cc1. The Morgan fingerprint density at radius 1 is 0.981 bits per heavy atom. The molecular weight excluding hydrogens is 735 g/mol. The van der Waals surface area contributed by atoms with Gasteiger partial charge in [0.25, 0.3) is 21.7 Å². The number of anilines is 2. The molecule has 3 aromatic rings. The number of benzene rings is 3. The van der Waals surface area contributed by atoms with Gasteiger partial charge in [0.1, 0.15) is 11.5 Å². The van der Waals surface area contributed by atoms with Gasteiger partial charge in [-0.25, -0.2) is 13.1 Å². The van der Waals surface area contributed by atoms with E-state index in [0.29, 0.717) is 23.5 Å². The third-order valence-electron chi connectivity index (χ3n) is 9.79. The largest absolute Gasteiger partial charge is 0.508 e. The van der Waals surface area contributed by atoms with Gasteiger partial charge < -0.3 is 10.0 Å². The standard InChI is InChI=1S/C38H45N5O9S2/c1-5-7-9-26(6-2)25-39-54(51,52)31-17-14-28(15-18-31)42-37(45)32(36(40-42)27-10-12-29(13-11-27)43(46)47)19-21-35-38(3,4)33-24-30(44)16-20-34(33)41(35)22-8-23-53(48,49)50/h10-21,24,26,39,44H,5-9,22-23,25H2,1-4H3,(H,48,49,50)/b32-19-,35-21+. The van der Waals surface area contributed by atoms with Crippen LogP contribution in [0.15, 0.2) is 100 Å². The van der Waals surface area contributed by atoms with Crippen LogP contribution in [0.5, 0.6) is 5.75 Å². The number of allylic oxidation sites excluding steroid dienone is 3. The van der Waals surface area contributed by atoms with Crippen LogP contribution in [0.2, 0.25) is 0 Å². The number of fused-ring (bicyclic) bond motifs is 1. The summed E-state index contributed by atoms with van der Waals surface area (Å²) in [5, 5.41) is 27.4. The Bertz CT molecular complexity index is 2210. The van der Waals surface area contributed by atoms with Gasteiger partial charge >= 0.3 is 0 Å². The molecule has 0 bridgehead atoms. The van der Waals surface area contributed by atoms with Crippen molar-refractivity contribution >= 4 is 48.8 Å². The summed E-state index contributed by atoms with van der Waals surface area (Å²) in [6.45, 7) is 8.48. The summed E-state index contributed by atoms with van der Waals surface area (Å²) in [5.74, 6) is -0.752. The topological polar surface area (TPSA) is 200 Å². The van der Waals surface area contributed by atoms with E-state index < -0.39 is 42.1 Å². The van der Waals surface area contributed by atoms with E-state index in [4.69, 9.17) is 0 Å². The zero-order valence-corrected chi connectivity index (χ0v) is 32.2. The third kappa shape index (κ3) is 8.89. The summed E-state index contributed by atoms with van der Waals surface area (Å²) in [5.41, 5.74) is 2.34. The smallest absolute Gasteiger partial charge is 0.281 e. The van der Waals surface area contributed by atoms with Crippen LogP contribution in [0.25, 0.3) is 0 Å². The number of sulfonamides is 1. The van der Waals surface area contributed by atoms with Gasteiger partial charge in [0.05, 0.1) is 26.8 Å². The molecule has 0 radical (unpaired) electrons. The van der Waals surface area contributed by atoms with Gasteiger partial charge in [0.15, 0.2) is 0 Å². The first-order chi connectivity index (χ1) is 25.5. The molecule has 0 spiro atoms. The number of amides is 1. The molecule has 1 atom stereocenters. The van der Waals surface area contributed by atoms with E-state index in [2.05, 4.69) is 16.7 Å². The first-order valence-electron chi connectivity index (χ1n) is 17.7. The molecule has 2 aliphatic rings. The molecule has 1 amide bonds. The molecular formula is C38H45N5O9S2. The number of nitro groups is 1. The zero-order valence-electron chi connectivity index (χ0n) is 30.6. The van der Waals surface area contributed by atoms with E-state index in [1.54, 1.807) is 24.3 Å². The highest BCUT2D eigenvalue weighted by molar-refractivity contribution is 7.89. The Balaban J connectivity index is 1.52. The molecule has 288 valence electrons. The van der Waals surface area contributed by atoms with Gasteiger partial charge in [-0.3, -0.25) is 19.5 Å². The second kappa shape index (κ2) is 16.2. The minimum atomic E-state index is -4.22. The maximum atomic E-state index is 14.2. The molecule has 14 nitrogen and oxygen atoms in total. The first-order valence-corrected chi connectivity index (χ1v) is 20.8. The number of rotatable bonds is 16. The van der Waals surface area contributed by atoms with Crippen LogP contribution >= 0.6 is 0 Å². The minimum absolute atomic E-state index is 0.0338. The lowest BCUT2D eigenvalue weighted by Gasteiger charge is -2.27. The zero-order chi connectivity index (χ0) is 39.4. The van der Waals surface area contributed by atoms with Crippen molar-refractivity contribution < 1.29 is 36.2 Å². The molecule has 16 heteroatoms. The maximum Gasteiger partial charge on any atom is 0.281 e. The van der Waals surface area contributed by atoms with E-state index in [0.717, 1.165) is 41.9 Å². The van der Waals surface area contributed by atoms with E-state index in [1.807, 2.05) is 25.7 Å². The molecule has 5 rings (SSSR count). The van der Waals surface area contributed by atoms with Gasteiger partial charge in [0, 0.05) is 47.6 Å². The van der Waals surface area contributed by atoms with E-state index in [1.165, 1.54) is 54.6 Å². The Labute approximate surface area is 315 Å². The van der Waals surface area contributed by atoms with Gasteiger partial charge in [0.2, 0.25) is 10.0 Å². The molecule has 0 aromatic heterocycles. The molecule has 54 heavy (non-hydrogen) atoms. The number of hydrazone groups is 1. The second-order valence-corrected chi connectivity index (χ2v) is 17.2. The van der Waals surface area contributed by atoms with Crippen molar-refractivity contribution in [2.45, 2.75) is 70.1 Å². The van der Waals surface area contributed by atoms with Crippen LogP contribution in [-0.4, -0.2) is 61.9 Å². The number of aromatic hydroxyl groups is 1. The number of nitro benzene ring substituents is 1. The lowest BCUT2D eigenvalue weighted by Crippen LogP contribution is -2.29. The van der Waals surface area contributed by atoms with Crippen LogP contribution in [0.3, 0.4) is 0 Å². The number of carbonyl (C=O) groups is 1. The Morgan fingerprint density at radius 3 is 2.28 bits per heavy atom. The van der Waals surface area contributed by atoms with E-state index >= 15 is 0 Å². The Hall–Kier alpha value is -4.90.